The summed E-state index contributed by atoms with van der Waals surface area (Å²) in [6, 6.07) is 17.5. The zero-order chi connectivity index (χ0) is 19.4. The summed E-state index contributed by atoms with van der Waals surface area (Å²) in [6.07, 6.45) is 0.780. The maximum atomic E-state index is 11.0. The summed E-state index contributed by atoms with van der Waals surface area (Å²) >= 11 is 0. The third-order valence-corrected chi connectivity index (χ3v) is 4.22. The molecule has 3 rings (SSSR count). The summed E-state index contributed by atoms with van der Waals surface area (Å²) in [5, 5.41) is 0. The first-order chi connectivity index (χ1) is 12.9. The summed E-state index contributed by atoms with van der Waals surface area (Å²) in [5.41, 5.74) is 2.47. The molecule has 2 aromatic carbocycles. The molecule has 4 heteroatoms. The number of hydrogen-bond donors (Lipinski definition) is 0. The Labute approximate surface area is 159 Å². The zero-order valence-corrected chi connectivity index (χ0v) is 16.1. The zero-order valence-electron chi connectivity index (χ0n) is 16.1. The van der Waals surface area contributed by atoms with E-state index in [2.05, 4.69) is 31.2 Å². The number of hydrogen-bond acceptors (Lipinski definition) is 4. The van der Waals surface area contributed by atoms with Crippen molar-refractivity contribution < 1.29 is 18.7 Å². The standard InChI is InChI=1S/C23H24O4/c1-16-5-7-18(8-6-16)21-13-17(2)22(26-21)14-25-19-9-11-20(12-10-19)27-23(3,4)15-24/h5-13,15H,14H2,1-4H3. The van der Waals surface area contributed by atoms with E-state index in [1.54, 1.807) is 26.0 Å². The second-order valence-electron chi connectivity index (χ2n) is 7.17. The van der Waals surface area contributed by atoms with E-state index in [1.165, 1.54) is 5.56 Å². The van der Waals surface area contributed by atoms with Crippen molar-refractivity contribution in [2.75, 3.05) is 0 Å². The summed E-state index contributed by atoms with van der Waals surface area (Å²) < 4.78 is 17.4. The van der Waals surface area contributed by atoms with Crippen LogP contribution in [-0.2, 0) is 11.4 Å². The van der Waals surface area contributed by atoms with Crippen LogP contribution in [0.25, 0.3) is 11.3 Å². The van der Waals surface area contributed by atoms with Crippen LogP contribution in [0.15, 0.2) is 59.0 Å². The highest BCUT2D eigenvalue weighted by Gasteiger charge is 2.18. The first-order valence-electron chi connectivity index (χ1n) is 8.91. The molecule has 1 aromatic heterocycles. The maximum Gasteiger partial charge on any atom is 0.162 e. The fraction of sp³-hybridized carbons (Fsp3) is 0.261. The molecule has 0 amide bonds. The van der Waals surface area contributed by atoms with Gasteiger partial charge < -0.3 is 13.9 Å². The van der Waals surface area contributed by atoms with E-state index in [-0.39, 0.29) is 0 Å². The average molecular weight is 364 g/mol. The molecular weight excluding hydrogens is 340 g/mol. The SMILES string of the molecule is Cc1ccc(-c2cc(C)c(COc3ccc(OC(C)(C)C=O)cc3)o2)cc1. The second kappa shape index (κ2) is 7.70. The van der Waals surface area contributed by atoms with Crippen LogP contribution in [0.1, 0.15) is 30.7 Å². The fourth-order valence-corrected chi connectivity index (χ4v) is 2.60. The Morgan fingerprint density at radius 1 is 0.963 bits per heavy atom. The number of carbonyl (C=O) groups excluding carboxylic acids is 1. The predicted molar refractivity (Wildman–Crippen MR) is 105 cm³/mol. The smallest absolute Gasteiger partial charge is 0.162 e. The van der Waals surface area contributed by atoms with E-state index in [0.717, 1.165) is 28.9 Å². The van der Waals surface area contributed by atoms with E-state index in [1.807, 2.05) is 25.1 Å². The van der Waals surface area contributed by atoms with Crippen LogP contribution in [-0.4, -0.2) is 11.9 Å². The molecule has 0 radical (unpaired) electrons. The minimum absolute atomic E-state index is 0.345. The normalized spacial score (nSPS) is 11.3. The fourth-order valence-electron chi connectivity index (χ4n) is 2.60. The third-order valence-electron chi connectivity index (χ3n) is 4.22. The van der Waals surface area contributed by atoms with Gasteiger partial charge in [0.25, 0.3) is 0 Å². The van der Waals surface area contributed by atoms with E-state index in [9.17, 15) is 4.79 Å². The average Bonchev–Trinajstić information content (AvgIpc) is 3.02. The van der Waals surface area contributed by atoms with Crippen molar-refractivity contribution in [1.82, 2.24) is 0 Å². The van der Waals surface area contributed by atoms with Crippen molar-refractivity contribution in [3.63, 3.8) is 0 Å². The van der Waals surface area contributed by atoms with E-state index in [4.69, 9.17) is 13.9 Å². The van der Waals surface area contributed by atoms with E-state index < -0.39 is 5.60 Å². The molecule has 0 spiro atoms. The van der Waals surface area contributed by atoms with Crippen LogP contribution in [0, 0.1) is 13.8 Å². The Morgan fingerprint density at radius 2 is 1.59 bits per heavy atom. The van der Waals surface area contributed by atoms with Gasteiger partial charge in [0.15, 0.2) is 11.9 Å². The predicted octanol–water partition coefficient (Wildman–Crippen LogP) is 5.50. The van der Waals surface area contributed by atoms with E-state index in [0.29, 0.717) is 18.1 Å². The summed E-state index contributed by atoms with van der Waals surface area (Å²) in [6.45, 7) is 7.86. The first kappa shape index (κ1) is 18.8. The van der Waals surface area contributed by atoms with Gasteiger partial charge >= 0.3 is 0 Å². The van der Waals surface area contributed by atoms with Gasteiger partial charge in [-0.1, -0.05) is 29.8 Å². The van der Waals surface area contributed by atoms with Crippen LogP contribution in [0.2, 0.25) is 0 Å². The molecule has 0 saturated heterocycles. The Balaban J connectivity index is 1.65. The molecule has 4 nitrogen and oxygen atoms in total. The molecule has 0 fully saturated rings. The number of aryl methyl sites for hydroxylation is 2. The van der Waals surface area contributed by atoms with Crippen LogP contribution in [0.4, 0.5) is 0 Å². The highest BCUT2D eigenvalue weighted by molar-refractivity contribution is 5.61. The molecule has 0 aliphatic heterocycles. The van der Waals surface area contributed by atoms with E-state index >= 15 is 0 Å². The molecule has 1 heterocycles. The third kappa shape index (κ3) is 4.79. The number of benzene rings is 2. The molecule has 0 unspecified atom stereocenters. The Hall–Kier alpha value is -3.01. The Kier molecular flexibility index (Phi) is 5.36. The van der Waals surface area contributed by atoms with Crippen LogP contribution in [0.3, 0.4) is 0 Å². The van der Waals surface area contributed by atoms with Gasteiger partial charge in [0.1, 0.15) is 29.6 Å². The number of furan rings is 1. The Bertz CT molecular complexity index is 903. The van der Waals surface area contributed by atoms with Gasteiger partial charge in [0.05, 0.1) is 0 Å². The summed E-state index contributed by atoms with van der Waals surface area (Å²) in [5.74, 6) is 2.97. The van der Waals surface area contributed by atoms with Gasteiger partial charge in [-0.25, -0.2) is 0 Å². The monoisotopic (exact) mass is 364 g/mol. The molecule has 0 atom stereocenters. The van der Waals surface area contributed by atoms with Crippen molar-refractivity contribution in [1.29, 1.82) is 0 Å². The van der Waals surface area contributed by atoms with Gasteiger partial charge in [-0.2, -0.15) is 0 Å². The van der Waals surface area contributed by atoms with Gasteiger partial charge in [-0.3, -0.25) is 4.79 Å². The van der Waals surface area contributed by atoms with Crippen molar-refractivity contribution in [3.8, 4) is 22.8 Å². The minimum atomic E-state index is -0.847. The number of ether oxygens (including phenoxy) is 2. The lowest BCUT2D eigenvalue weighted by molar-refractivity contribution is -0.118. The molecule has 0 N–H and O–H groups in total. The molecule has 0 saturated carbocycles. The van der Waals surface area contributed by atoms with Crippen molar-refractivity contribution in [3.05, 3.63) is 71.5 Å². The van der Waals surface area contributed by atoms with Gasteiger partial charge in [0.2, 0.25) is 0 Å². The minimum Gasteiger partial charge on any atom is -0.486 e. The summed E-state index contributed by atoms with van der Waals surface area (Å²) in [7, 11) is 0. The largest absolute Gasteiger partial charge is 0.486 e. The molecule has 0 aliphatic rings. The molecule has 140 valence electrons. The van der Waals surface area contributed by atoms with Crippen molar-refractivity contribution >= 4 is 6.29 Å². The lowest BCUT2D eigenvalue weighted by Crippen LogP contribution is -2.29. The lowest BCUT2D eigenvalue weighted by atomic mass is 10.1. The van der Waals surface area contributed by atoms with Crippen LogP contribution >= 0.6 is 0 Å². The lowest BCUT2D eigenvalue weighted by Gasteiger charge is -2.19. The van der Waals surface area contributed by atoms with Crippen LogP contribution < -0.4 is 9.47 Å². The highest BCUT2D eigenvalue weighted by Crippen LogP contribution is 2.27. The molecular formula is C23H24O4. The molecule has 3 aromatic rings. The maximum absolute atomic E-state index is 11.0. The molecule has 0 bridgehead atoms. The number of carbonyl (C=O) groups is 1. The molecule has 0 aliphatic carbocycles. The first-order valence-corrected chi connectivity index (χ1v) is 8.91. The van der Waals surface area contributed by atoms with Crippen LogP contribution in [0.5, 0.6) is 11.5 Å². The van der Waals surface area contributed by atoms with Gasteiger partial charge in [0, 0.05) is 5.56 Å². The quantitative estimate of drug-likeness (QED) is 0.520. The van der Waals surface area contributed by atoms with Gasteiger partial charge in [-0.15, -0.1) is 0 Å². The van der Waals surface area contributed by atoms with Crippen molar-refractivity contribution in [2.24, 2.45) is 0 Å². The summed E-state index contributed by atoms with van der Waals surface area (Å²) in [4.78, 5) is 11.0. The Morgan fingerprint density at radius 3 is 2.22 bits per heavy atom. The number of aldehydes is 1. The topological polar surface area (TPSA) is 48.7 Å². The molecule has 27 heavy (non-hydrogen) atoms. The van der Waals surface area contributed by atoms with Gasteiger partial charge in [-0.05, 0) is 63.6 Å². The second-order valence-corrected chi connectivity index (χ2v) is 7.17. The van der Waals surface area contributed by atoms with Crippen molar-refractivity contribution in [2.45, 2.75) is 39.9 Å². The number of rotatable bonds is 7. The highest BCUT2D eigenvalue weighted by atomic mass is 16.5.